The number of hydrogen-bond donors (Lipinski definition) is 2. The third-order valence-corrected chi connectivity index (χ3v) is 5.32. The highest BCUT2D eigenvalue weighted by Gasteiger charge is 2.35. The number of aliphatic hydroxyl groups excluding tert-OH is 1. The molecular weight excluding hydrogens is 332 g/mol. The summed E-state index contributed by atoms with van der Waals surface area (Å²) in [6.07, 6.45) is 3.47. The van der Waals surface area contributed by atoms with Gasteiger partial charge in [-0.15, -0.1) is 0 Å². The fraction of sp³-hybridized carbons (Fsp3) is 0.650. The van der Waals surface area contributed by atoms with Crippen LogP contribution in [0.3, 0.4) is 0 Å². The Morgan fingerprint density at radius 3 is 2.69 bits per heavy atom. The van der Waals surface area contributed by atoms with E-state index in [1.54, 1.807) is 7.11 Å². The summed E-state index contributed by atoms with van der Waals surface area (Å²) in [6.45, 7) is 3.76. The van der Waals surface area contributed by atoms with Crippen LogP contribution in [0.25, 0.3) is 0 Å². The molecule has 0 radical (unpaired) electrons. The normalized spacial score (nSPS) is 26.6. The smallest absolute Gasteiger partial charge is 0.252 e. The molecule has 2 fully saturated rings. The molecule has 1 aromatic carbocycles. The lowest BCUT2D eigenvalue weighted by Gasteiger charge is -2.33. The summed E-state index contributed by atoms with van der Waals surface area (Å²) in [5.41, 5.74) is 0.982. The van der Waals surface area contributed by atoms with Crippen LogP contribution < -0.4 is 10.1 Å². The Morgan fingerprint density at radius 2 is 2.00 bits per heavy atom. The molecule has 26 heavy (non-hydrogen) atoms. The predicted molar refractivity (Wildman–Crippen MR) is 99.0 cm³/mol. The highest BCUT2D eigenvalue weighted by atomic mass is 16.5. The fourth-order valence-corrected chi connectivity index (χ4v) is 3.69. The minimum Gasteiger partial charge on any atom is -0.497 e. The first-order valence-electron chi connectivity index (χ1n) is 9.62. The molecule has 0 spiro atoms. The molecule has 2 heterocycles. The van der Waals surface area contributed by atoms with Gasteiger partial charge in [0.05, 0.1) is 19.3 Å². The van der Waals surface area contributed by atoms with E-state index in [2.05, 4.69) is 10.2 Å². The number of nitrogens with zero attached hydrogens (tertiary/aromatic N) is 1. The van der Waals surface area contributed by atoms with E-state index in [9.17, 15) is 9.90 Å². The number of methoxy groups -OCH3 is 1. The number of aliphatic hydroxyl groups is 1. The summed E-state index contributed by atoms with van der Waals surface area (Å²) < 4.78 is 11.1. The van der Waals surface area contributed by atoms with E-state index >= 15 is 0 Å². The predicted octanol–water partition coefficient (Wildman–Crippen LogP) is 1.71. The summed E-state index contributed by atoms with van der Waals surface area (Å²) in [4.78, 5) is 14.9. The molecule has 6 nitrogen and oxygen atoms in total. The molecule has 3 rings (SSSR count). The van der Waals surface area contributed by atoms with E-state index in [0.717, 1.165) is 30.7 Å². The lowest BCUT2D eigenvalue weighted by atomic mass is 9.98. The number of carbonyl (C=O) groups is 1. The molecule has 3 unspecified atom stereocenters. The highest BCUT2D eigenvalue weighted by Crippen LogP contribution is 2.23. The van der Waals surface area contributed by atoms with Crippen molar-refractivity contribution in [2.75, 3.05) is 26.7 Å². The molecule has 0 aliphatic carbocycles. The number of benzene rings is 1. The molecule has 0 aromatic heterocycles. The van der Waals surface area contributed by atoms with Gasteiger partial charge in [0.25, 0.3) is 5.91 Å². The molecular formula is C20H30N2O4. The van der Waals surface area contributed by atoms with Gasteiger partial charge in [-0.2, -0.15) is 0 Å². The van der Waals surface area contributed by atoms with Crippen molar-refractivity contribution in [3.05, 3.63) is 29.8 Å². The quantitative estimate of drug-likeness (QED) is 0.773. The van der Waals surface area contributed by atoms with Crippen LogP contribution in [0, 0.1) is 0 Å². The van der Waals surface area contributed by atoms with Crippen LogP contribution in [0.5, 0.6) is 5.75 Å². The second-order valence-corrected chi connectivity index (χ2v) is 7.23. The van der Waals surface area contributed by atoms with Gasteiger partial charge >= 0.3 is 0 Å². The minimum absolute atomic E-state index is 0.0516. The molecule has 2 aliphatic rings. The van der Waals surface area contributed by atoms with Crippen LogP contribution >= 0.6 is 0 Å². The maximum absolute atomic E-state index is 12.5. The van der Waals surface area contributed by atoms with E-state index in [-0.39, 0.29) is 12.0 Å². The van der Waals surface area contributed by atoms with E-state index in [4.69, 9.17) is 9.47 Å². The van der Waals surface area contributed by atoms with Crippen LogP contribution in [0.1, 0.15) is 37.7 Å². The van der Waals surface area contributed by atoms with Crippen molar-refractivity contribution in [1.29, 1.82) is 0 Å². The zero-order valence-corrected chi connectivity index (χ0v) is 15.5. The zero-order chi connectivity index (χ0) is 18.4. The molecule has 2 saturated heterocycles. The Balaban J connectivity index is 1.46. The monoisotopic (exact) mass is 362 g/mol. The third kappa shape index (κ3) is 5.19. The largest absolute Gasteiger partial charge is 0.497 e. The first-order valence-corrected chi connectivity index (χ1v) is 9.62. The van der Waals surface area contributed by atoms with Crippen LogP contribution in [-0.4, -0.2) is 61.0 Å². The van der Waals surface area contributed by atoms with Gasteiger partial charge in [-0.05, 0) is 62.9 Å². The molecule has 2 aliphatic heterocycles. The second kappa shape index (κ2) is 9.35. The molecule has 0 bridgehead atoms. The first kappa shape index (κ1) is 19.1. The molecule has 0 saturated carbocycles. The van der Waals surface area contributed by atoms with Crippen molar-refractivity contribution in [1.82, 2.24) is 10.2 Å². The number of ether oxygens (including phenoxy) is 2. The number of hydrogen-bond acceptors (Lipinski definition) is 5. The summed E-state index contributed by atoms with van der Waals surface area (Å²) in [5.74, 6) is 0.547. The number of carbonyl (C=O) groups excluding carboxylic acids is 1. The van der Waals surface area contributed by atoms with E-state index < -0.39 is 12.2 Å². The van der Waals surface area contributed by atoms with Crippen molar-refractivity contribution in [2.45, 2.75) is 57.0 Å². The van der Waals surface area contributed by atoms with E-state index in [0.29, 0.717) is 13.0 Å². The van der Waals surface area contributed by atoms with Gasteiger partial charge in [0.15, 0.2) is 6.10 Å². The Kier molecular flexibility index (Phi) is 6.88. The molecule has 144 valence electrons. The van der Waals surface area contributed by atoms with Crippen LogP contribution in [0.4, 0.5) is 0 Å². The summed E-state index contributed by atoms with van der Waals surface area (Å²) in [7, 11) is 1.62. The average Bonchev–Trinajstić information content (AvgIpc) is 3.19. The van der Waals surface area contributed by atoms with Gasteiger partial charge in [-0.3, -0.25) is 4.79 Å². The summed E-state index contributed by atoms with van der Waals surface area (Å²) >= 11 is 0. The standard InChI is InChI=1S/C20H30N2O4/c1-25-16-6-4-15(5-7-16)14-21-20(24)19-18(23)9-8-17(26-19)10-13-22-11-2-3-12-22/h4-7,17-19,23H,2-3,8-14H2,1H3,(H,21,24). The van der Waals surface area contributed by atoms with Gasteiger partial charge in [0, 0.05) is 13.1 Å². The van der Waals surface area contributed by atoms with Crippen LogP contribution in [0.15, 0.2) is 24.3 Å². The van der Waals surface area contributed by atoms with Gasteiger partial charge < -0.3 is 24.8 Å². The van der Waals surface area contributed by atoms with Crippen molar-refractivity contribution in [3.8, 4) is 5.75 Å². The average molecular weight is 362 g/mol. The minimum atomic E-state index is -0.773. The zero-order valence-electron chi connectivity index (χ0n) is 15.5. The first-order chi connectivity index (χ1) is 12.7. The number of rotatable bonds is 7. The molecule has 1 aromatic rings. The maximum atomic E-state index is 12.5. The molecule has 1 amide bonds. The second-order valence-electron chi connectivity index (χ2n) is 7.23. The van der Waals surface area contributed by atoms with Crippen molar-refractivity contribution >= 4 is 5.91 Å². The lowest BCUT2D eigenvalue weighted by Crippen LogP contribution is -2.49. The SMILES string of the molecule is COc1ccc(CNC(=O)C2OC(CCN3CCCC3)CCC2O)cc1. The van der Waals surface area contributed by atoms with Crippen LogP contribution in [-0.2, 0) is 16.1 Å². The van der Waals surface area contributed by atoms with E-state index in [1.165, 1.54) is 25.9 Å². The van der Waals surface area contributed by atoms with Crippen molar-refractivity contribution < 1.29 is 19.4 Å². The van der Waals surface area contributed by atoms with E-state index in [1.807, 2.05) is 24.3 Å². The number of nitrogens with one attached hydrogen (secondary N) is 1. The highest BCUT2D eigenvalue weighted by molar-refractivity contribution is 5.81. The van der Waals surface area contributed by atoms with Crippen LogP contribution in [0.2, 0.25) is 0 Å². The Labute approximate surface area is 155 Å². The van der Waals surface area contributed by atoms with Gasteiger partial charge in [0.1, 0.15) is 5.75 Å². The summed E-state index contributed by atoms with van der Waals surface area (Å²) in [6, 6.07) is 7.55. The van der Waals surface area contributed by atoms with Gasteiger partial charge in [0.2, 0.25) is 0 Å². The fourth-order valence-electron chi connectivity index (χ4n) is 3.69. The Morgan fingerprint density at radius 1 is 1.27 bits per heavy atom. The summed E-state index contributed by atoms with van der Waals surface area (Å²) in [5, 5.41) is 13.1. The maximum Gasteiger partial charge on any atom is 0.252 e. The molecule has 2 N–H and O–H groups in total. The Bertz CT molecular complexity index is 572. The van der Waals surface area contributed by atoms with Gasteiger partial charge in [-0.1, -0.05) is 12.1 Å². The van der Waals surface area contributed by atoms with Gasteiger partial charge in [-0.25, -0.2) is 0 Å². The third-order valence-electron chi connectivity index (χ3n) is 5.32. The molecule has 3 atom stereocenters. The number of amides is 1. The van der Waals surface area contributed by atoms with Crippen molar-refractivity contribution in [2.24, 2.45) is 0 Å². The van der Waals surface area contributed by atoms with Crippen molar-refractivity contribution in [3.63, 3.8) is 0 Å². The number of likely N-dealkylation sites (tertiary alicyclic amines) is 1. The topological polar surface area (TPSA) is 71.0 Å². The lowest BCUT2D eigenvalue weighted by molar-refractivity contribution is -0.158. The molecule has 6 heteroatoms. The Hall–Kier alpha value is -1.63.